The minimum absolute atomic E-state index is 0.189. The topological polar surface area (TPSA) is 0 Å². The van der Waals surface area contributed by atoms with Crippen LogP contribution in [0.5, 0.6) is 0 Å². The van der Waals surface area contributed by atoms with Gasteiger partial charge in [0.15, 0.2) is 0 Å². The Kier molecular flexibility index (Phi) is 2.53. The summed E-state index contributed by atoms with van der Waals surface area (Å²) in [6.45, 7) is 0. The van der Waals surface area contributed by atoms with Crippen molar-refractivity contribution >= 4 is 34.8 Å². The second-order valence-corrected chi connectivity index (χ2v) is 4.81. The highest BCUT2D eigenvalue weighted by atomic mass is 35.5. The zero-order chi connectivity index (χ0) is 6.91. The second kappa shape index (κ2) is 2.86. The van der Waals surface area contributed by atoms with Gasteiger partial charge in [-0.15, -0.1) is 34.8 Å². The fourth-order valence-corrected chi connectivity index (χ4v) is 2.33. The van der Waals surface area contributed by atoms with Crippen LogP contribution in [0, 0.1) is 0 Å². The Morgan fingerprint density at radius 1 is 1.33 bits per heavy atom. The molecule has 3 heteroatoms. The molecule has 0 spiro atoms. The lowest BCUT2D eigenvalue weighted by Gasteiger charge is -2.27. The lowest BCUT2D eigenvalue weighted by atomic mass is 9.99. The first-order valence-electron chi connectivity index (χ1n) is 3.12. The summed E-state index contributed by atoms with van der Waals surface area (Å²) in [5.41, 5.74) is 0. The van der Waals surface area contributed by atoms with E-state index in [9.17, 15) is 0 Å². The lowest BCUT2D eigenvalue weighted by molar-refractivity contribution is 0.485. The van der Waals surface area contributed by atoms with Gasteiger partial charge in [-0.25, -0.2) is 0 Å². The fourth-order valence-electron chi connectivity index (χ4n) is 1.11. The average Bonchev–Trinajstić information content (AvgIpc) is 1.60. The van der Waals surface area contributed by atoms with E-state index in [0.717, 1.165) is 25.7 Å². The molecule has 1 rings (SSSR count). The maximum absolute atomic E-state index is 5.85. The number of alkyl halides is 3. The summed E-state index contributed by atoms with van der Waals surface area (Å²) >= 11 is 17.5. The molecule has 0 aromatic carbocycles. The highest BCUT2D eigenvalue weighted by Crippen LogP contribution is 2.39. The Labute approximate surface area is 70.5 Å². The molecule has 0 aromatic rings. The van der Waals surface area contributed by atoms with E-state index in [-0.39, 0.29) is 5.38 Å². The van der Waals surface area contributed by atoms with E-state index in [1.165, 1.54) is 0 Å². The van der Waals surface area contributed by atoms with Crippen molar-refractivity contribution in [3.05, 3.63) is 0 Å². The molecule has 0 heterocycles. The zero-order valence-corrected chi connectivity index (χ0v) is 7.31. The molecule has 1 saturated carbocycles. The van der Waals surface area contributed by atoms with Crippen molar-refractivity contribution in [2.75, 3.05) is 0 Å². The van der Waals surface area contributed by atoms with Crippen molar-refractivity contribution in [2.24, 2.45) is 0 Å². The normalized spacial score (nSPS) is 34.3. The molecule has 0 nitrogen and oxygen atoms in total. The van der Waals surface area contributed by atoms with Gasteiger partial charge in [0.25, 0.3) is 0 Å². The largest absolute Gasteiger partial charge is 0.123 e. The van der Waals surface area contributed by atoms with Gasteiger partial charge in [-0.1, -0.05) is 0 Å². The molecule has 0 radical (unpaired) electrons. The molecule has 1 aliphatic rings. The molecule has 0 aromatic heterocycles. The molecule has 0 N–H and O–H groups in total. The van der Waals surface area contributed by atoms with Crippen molar-refractivity contribution in [3.8, 4) is 0 Å². The Hall–Kier alpha value is 0.870. The van der Waals surface area contributed by atoms with Crippen LogP contribution in [-0.4, -0.2) is 9.71 Å². The van der Waals surface area contributed by atoms with Gasteiger partial charge < -0.3 is 0 Å². The van der Waals surface area contributed by atoms with Crippen LogP contribution in [0.15, 0.2) is 0 Å². The lowest BCUT2D eigenvalue weighted by Crippen LogP contribution is -2.23. The van der Waals surface area contributed by atoms with Crippen LogP contribution >= 0.6 is 34.8 Å². The monoisotopic (exact) mass is 186 g/mol. The second-order valence-electron chi connectivity index (χ2n) is 2.55. The Bertz CT molecular complexity index is 100. The van der Waals surface area contributed by atoms with Crippen LogP contribution in [0.1, 0.15) is 25.7 Å². The first kappa shape index (κ1) is 7.97. The Morgan fingerprint density at radius 2 is 2.00 bits per heavy atom. The van der Waals surface area contributed by atoms with Crippen LogP contribution < -0.4 is 0 Å². The van der Waals surface area contributed by atoms with E-state index >= 15 is 0 Å². The zero-order valence-electron chi connectivity index (χ0n) is 5.04. The van der Waals surface area contributed by atoms with E-state index < -0.39 is 4.33 Å². The summed E-state index contributed by atoms with van der Waals surface area (Å²) in [5, 5.41) is 0.189. The SMILES string of the molecule is ClC1CCCC(Cl)(Cl)C1. The first-order valence-corrected chi connectivity index (χ1v) is 4.31. The minimum Gasteiger partial charge on any atom is -0.123 e. The van der Waals surface area contributed by atoms with Gasteiger partial charge in [0, 0.05) is 5.38 Å². The smallest absolute Gasteiger partial charge is 0.119 e. The summed E-state index contributed by atoms with van der Waals surface area (Å²) in [4.78, 5) is 0. The predicted molar refractivity (Wildman–Crippen MR) is 42.5 cm³/mol. The molecule has 1 aliphatic carbocycles. The molecule has 0 bridgehead atoms. The van der Waals surface area contributed by atoms with Crippen LogP contribution in [0.3, 0.4) is 0 Å². The molecule has 1 atom stereocenters. The average molecular weight is 187 g/mol. The Morgan fingerprint density at radius 3 is 2.33 bits per heavy atom. The quantitative estimate of drug-likeness (QED) is 0.510. The molecule has 0 saturated heterocycles. The van der Waals surface area contributed by atoms with E-state index in [1.807, 2.05) is 0 Å². The van der Waals surface area contributed by atoms with Crippen molar-refractivity contribution in [2.45, 2.75) is 35.4 Å². The third-order valence-corrected chi connectivity index (χ3v) is 2.64. The summed E-state index contributed by atoms with van der Waals surface area (Å²) in [7, 11) is 0. The summed E-state index contributed by atoms with van der Waals surface area (Å²) in [6.07, 6.45) is 3.74. The fraction of sp³-hybridized carbons (Fsp3) is 1.00. The van der Waals surface area contributed by atoms with Gasteiger partial charge in [0.2, 0.25) is 0 Å². The number of hydrogen-bond donors (Lipinski definition) is 0. The predicted octanol–water partition coefficient (Wildman–Crippen LogP) is 3.34. The first-order chi connectivity index (χ1) is 4.10. The standard InChI is InChI=1S/C6H9Cl3/c7-5-2-1-3-6(8,9)4-5/h5H,1-4H2. The maximum atomic E-state index is 5.85. The minimum atomic E-state index is -0.537. The third kappa shape index (κ3) is 2.53. The maximum Gasteiger partial charge on any atom is 0.119 e. The van der Waals surface area contributed by atoms with Gasteiger partial charge in [-0.2, -0.15) is 0 Å². The van der Waals surface area contributed by atoms with Gasteiger partial charge in [-0.3, -0.25) is 0 Å². The highest BCUT2D eigenvalue weighted by molar-refractivity contribution is 6.48. The van der Waals surface area contributed by atoms with Crippen molar-refractivity contribution in [1.82, 2.24) is 0 Å². The molecule has 0 aliphatic heterocycles. The Balaban J connectivity index is 2.41. The molecule has 0 amide bonds. The van der Waals surface area contributed by atoms with E-state index in [0.29, 0.717) is 0 Å². The van der Waals surface area contributed by atoms with Gasteiger partial charge >= 0.3 is 0 Å². The van der Waals surface area contributed by atoms with Gasteiger partial charge in [0.05, 0.1) is 0 Å². The number of hydrogen-bond acceptors (Lipinski definition) is 0. The highest BCUT2D eigenvalue weighted by Gasteiger charge is 2.31. The van der Waals surface area contributed by atoms with Crippen molar-refractivity contribution in [3.63, 3.8) is 0 Å². The number of halogens is 3. The molecular weight excluding hydrogens is 178 g/mol. The van der Waals surface area contributed by atoms with Crippen LogP contribution in [0.2, 0.25) is 0 Å². The van der Waals surface area contributed by atoms with Gasteiger partial charge in [0.1, 0.15) is 4.33 Å². The van der Waals surface area contributed by atoms with Crippen molar-refractivity contribution < 1.29 is 0 Å². The van der Waals surface area contributed by atoms with Crippen LogP contribution in [-0.2, 0) is 0 Å². The van der Waals surface area contributed by atoms with E-state index in [1.54, 1.807) is 0 Å². The van der Waals surface area contributed by atoms with Crippen molar-refractivity contribution in [1.29, 1.82) is 0 Å². The molecule has 1 unspecified atom stereocenters. The summed E-state index contributed by atoms with van der Waals surface area (Å²) < 4.78 is -0.537. The van der Waals surface area contributed by atoms with Crippen LogP contribution in [0.4, 0.5) is 0 Å². The van der Waals surface area contributed by atoms with E-state index in [2.05, 4.69) is 0 Å². The van der Waals surface area contributed by atoms with E-state index in [4.69, 9.17) is 34.8 Å². The van der Waals surface area contributed by atoms with Crippen LogP contribution in [0.25, 0.3) is 0 Å². The molecular formula is C6H9Cl3. The third-order valence-electron chi connectivity index (χ3n) is 1.58. The summed E-state index contributed by atoms with van der Waals surface area (Å²) in [6, 6.07) is 0. The molecule has 9 heavy (non-hydrogen) atoms. The number of rotatable bonds is 0. The molecule has 1 fully saturated rings. The molecule has 54 valence electrons. The van der Waals surface area contributed by atoms with Gasteiger partial charge in [-0.05, 0) is 25.7 Å². The summed E-state index contributed by atoms with van der Waals surface area (Å²) in [5.74, 6) is 0.